The minimum Gasteiger partial charge on any atom is -0.441 e. The van der Waals surface area contributed by atoms with Crippen LogP contribution in [-0.4, -0.2) is 45.8 Å². The maximum Gasteiger partial charge on any atom is 0.410 e. The Morgan fingerprint density at radius 3 is 2.72 bits per heavy atom. The van der Waals surface area contributed by atoms with Gasteiger partial charge in [0, 0.05) is 19.4 Å². The minimum atomic E-state index is -0.306. The van der Waals surface area contributed by atoms with E-state index < -0.39 is 0 Å². The highest BCUT2D eigenvalue weighted by Crippen LogP contribution is 2.12. The summed E-state index contributed by atoms with van der Waals surface area (Å²) < 4.78 is 12.7. The monoisotopic (exact) mass is 253 g/mol. The topological polar surface area (TPSA) is 56.6 Å². The molecule has 0 N–H and O–H groups in total. The molecule has 0 unspecified atom stereocenters. The van der Waals surface area contributed by atoms with Gasteiger partial charge in [0.25, 0.3) is 0 Å². The van der Waals surface area contributed by atoms with Crippen LogP contribution in [0.2, 0.25) is 0 Å². The van der Waals surface area contributed by atoms with Crippen molar-refractivity contribution >= 4 is 6.09 Å². The van der Waals surface area contributed by atoms with Crippen LogP contribution in [0, 0.1) is 0 Å². The molecular formula is C12H19N3O3. The van der Waals surface area contributed by atoms with Gasteiger partial charge in [0.05, 0.1) is 25.3 Å². The third-order valence-electron chi connectivity index (χ3n) is 2.92. The summed E-state index contributed by atoms with van der Waals surface area (Å²) in [6.07, 6.45) is 3.30. The smallest absolute Gasteiger partial charge is 0.410 e. The van der Waals surface area contributed by atoms with E-state index in [9.17, 15) is 4.79 Å². The Bertz CT molecular complexity index is 408. The number of ether oxygens (including phenoxy) is 2. The van der Waals surface area contributed by atoms with E-state index in [0.717, 1.165) is 5.82 Å². The zero-order valence-electron chi connectivity index (χ0n) is 11.0. The number of nitrogens with zero attached hydrogens (tertiary/aromatic N) is 3. The van der Waals surface area contributed by atoms with Gasteiger partial charge in [-0.3, -0.25) is 0 Å². The van der Waals surface area contributed by atoms with Gasteiger partial charge in [-0.05, 0) is 13.8 Å². The predicted octanol–water partition coefficient (Wildman–Crippen LogP) is 1.17. The lowest BCUT2D eigenvalue weighted by molar-refractivity contribution is -0.0646. The summed E-state index contributed by atoms with van der Waals surface area (Å²) in [5, 5.41) is 0. The summed E-state index contributed by atoms with van der Waals surface area (Å²) in [5.41, 5.74) is 0. The van der Waals surface area contributed by atoms with E-state index in [1.165, 1.54) is 0 Å². The Morgan fingerprint density at radius 2 is 2.17 bits per heavy atom. The van der Waals surface area contributed by atoms with Crippen LogP contribution >= 0.6 is 0 Å². The molecule has 0 radical (unpaired) electrons. The molecule has 1 aliphatic heterocycles. The fourth-order valence-electron chi connectivity index (χ4n) is 2.08. The first-order valence-corrected chi connectivity index (χ1v) is 6.09. The van der Waals surface area contributed by atoms with Crippen LogP contribution in [0.3, 0.4) is 0 Å². The highest BCUT2D eigenvalue weighted by Gasteiger charge is 2.26. The van der Waals surface area contributed by atoms with E-state index in [0.29, 0.717) is 13.1 Å². The van der Waals surface area contributed by atoms with Gasteiger partial charge in [-0.2, -0.15) is 0 Å². The quantitative estimate of drug-likeness (QED) is 0.793. The number of rotatable bonds is 2. The molecule has 6 nitrogen and oxygen atoms in total. The molecule has 100 valence electrons. The summed E-state index contributed by atoms with van der Waals surface area (Å²) in [5.74, 6) is 0.734. The molecule has 2 atom stereocenters. The van der Waals surface area contributed by atoms with Crippen molar-refractivity contribution in [3.8, 4) is 0 Å². The first kappa shape index (κ1) is 12.9. The van der Waals surface area contributed by atoms with Crippen LogP contribution in [0.25, 0.3) is 0 Å². The summed E-state index contributed by atoms with van der Waals surface area (Å²) in [7, 11) is 1.87. The van der Waals surface area contributed by atoms with Gasteiger partial charge in [-0.25, -0.2) is 9.78 Å². The van der Waals surface area contributed by atoms with E-state index >= 15 is 0 Å². The fourth-order valence-corrected chi connectivity index (χ4v) is 2.08. The normalized spacial score (nSPS) is 24.1. The van der Waals surface area contributed by atoms with Crippen LogP contribution < -0.4 is 0 Å². The zero-order chi connectivity index (χ0) is 13.1. The second-order valence-corrected chi connectivity index (χ2v) is 4.67. The van der Waals surface area contributed by atoms with Crippen molar-refractivity contribution < 1.29 is 14.3 Å². The fraction of sp³-hybridized carbons (Fsp3) is 0.667. The van der Waals surface area contributed by atoms with Gasteiger partial charge >= 0.3 is 6.09 Å². The third-order valence-corrected chi connectivity index (χ3v) is 2.92. The van der Waals surface area contributed by atoms with Crippen molar-refractivity contribution in [2.45, 2.75) is 32.7 Å². The summed E-state index contributed by atoms with van der Waals surface area (Å²) in [6.45, 7) is 5.25. The molecule has 0 spiro atoms. The molecule has 2 rings (SSSR count). The molecule has 6 heteroatoms. The standard InChI is InChI=1S/C12H19N3O3/c1-9-6-15(7-10(2)18-9)12(16)17-8-11-13-4-5-14(11)3/h4-5,9-10H,6-8H2,1-3H3/t9-,10+. The number of amides is 1. The molecule has 1 aliphatic rings. The summed E-state index contributed by atoms with van der Waals surface area (Å²) in [6, 6.07) is 0. The second kappa shape index (κ2) is 5.39. The van der Waals surface area contributed by atoms with Gasteiger partial charge in [-0.1, -0.05) is 0 Å². The van der Waals surface area contributed by atoms with Crippen LogP contribution in [0.1, 0.15) is 19.7 Å². The molecule has 0 bridgehead atoms. The minimum absolute atomic E-state index is 0.0504. The van der Waals surface area contributed by atoms with Crippen molar-refractivity contribution in [3.05, 3.63) is 18.2 Å². The van der Waals surface area contributed by atoms with E-state index in [2.05, 4.69) is 4.98 Å². The Hall–Kier alpha value is -1.56. The Balaban J connectivity index is 1.86. The van der Waals surface area contributed by atoms with Crippen LogP contribution in [0.5, 0.6) is 0 Å². The van der Waals surface area contributed by atoms with E-state index in [4.69, 9.17) is 9.47 Å². The highest BCUT2D eigenvalue weighted by molar-refractivity contribution is 5.67. The van der Waals surface area contributed by atoms with Gasteiger partial charge < -0.3 is 18.9 Å². The van der Waals surface area contributed by atoms with E-state index in [1.54, 1.807) is 11.1 Å². The van der Waals surface area contributed by atoms with Gasteiger partial charge in [0.1, 0.15) is 5.82 Å². The van der Waals surface area contributed by atoms with Gasteiger partial charge in [0.15, 0.2) is 6.61 Å². The van der Waals surface area contributed by atoms with E-state index in [1.807, 2.05) is 31.7 Å². The maximum absolute atomic E-state index is 11.9. The number of carbonyl (C=O) groups excluding carboxylic acids is 1. The van der Waals surface area contributed by atoms with Crippen LogP contribution in [0.15, 0.2) is 12.4 Å². The number of carbonyl (C=O) groups is 1. The van der Waals surface area contributed by atoms with Crippen molar-refractivity contribution in [2.24, 2.45) is 7.05 Å². The molecule has 18 heavy (non-hydrogen) atoms. The lowest BCUT2D eigenvalue weighted by Crippen LogP contribution is -2.48. The number of hydrogen-bond acceptors (Lipinski definition) is 4. The molecule has 1 amide bonds. The largest absolute Gasteiger partial charge is 0.441 e. The van der Waals surface area contributed by atoms with Crippen molar-refractivity contribution in [1.29, 1.82) is 0 Å². The van der Waals surface area contributed by atoms with Gasteiger partial charge in [-0.15, -0.1) is 0 Å². The van der Waals surface area contributed by atoms with Crippen LogP contribution in [0.4, 0.5) is 4.79 Å². The average Bonchev–Trinajstić information content (AvgIpc) is 2.70. The maximum atomic E-state index is 11.9. The molecule has 1 fully saturated rings. The molecule has 0 aromatic carbocycles. The number of aromatic nitrogens is 2. The number of hydrogen-bond donors (Lipinski definition) is 0. The van der Waals surface area contributed by atoms with E-state index in [-0.39, 0.29) is 24.9 Å². The number of morpholine rings is 1. The lowest BCUT2D eigenvalue weighted by atomic mass is 10.2. The third kappa shape index (κ3) is 3.01. The molecule has 0 saturated carbocycles. The SMILES string of the molecule is C[C@@H]1CN(C(=O)OCc2nccn2C)C[C@H](C)O1. The van der Waals surface area contributed by atoms with Crippen molar-refractivity contribution in [1.82, 2.24) is 14.5 Å². The molecule has 1 saturated heterocycles. The first-order chi connectivity index (χ1) is 8.56. The van der Waals surface area contributed by atoms with Crippen molar-refractivity contribution in [2.75, 3.05) is 13.1 Å². The molecule has 1 aromatic rings. The molecule has 0 aliphatic carbocycles. The Labute approximate surface area is 106 Å². The summed E-state index contributed by atoms with van der Waals surface area (Å²) >= 11 is 0. The Morgan fingerprint density at radius 1 is 1.50 bits per heavy atom. The highest BCUT2D eigenvalue weighted by atomic mass is 16.6. The number of imidazole rings is 1. The van der Waals surface area contributed by atoms with Crippen molar-refractivity contribution in [3.63, 3.8) is 0 Å². The molecule has 1 aromatic heterocycles. The lowest BCUT2D eigenvalue weighted by Gasteiger charge is -2.34. The second-order valence-electron chi connectivity index (χ2n) is 4.67. The first-order valence-electron chi connectivity index (χ1n) is 6.09. The average molecular weight is 253 g/mol. The summed E-state index contributed by atoms with van der Waals surface area (Å²) in [4.78, 5) is 17.7. The molecular weight excluding hydrogens is 234 g/mol. The number of aryl methyl sites for hydroxylation is 1. The van der Waals surface area contributed by atoms with Gasteiger partial charge in [0.2, 0.25) is 0 Å². The predicted molar refractivity (Wildman–Crippen MR) is 65.0 cm³/mol. The Kier molecular flexibility index (Phi) is 3.86. The zero-order valence-corrected chi connectivity index (χ0v) is 11.0. The molecule has 2 heterocycles. The van der Waals surface area contributed by atoms with Crippen LogP contribution in [-0.2, 0) is 23.1 Å².